The van der Waals surface area contributed by atoms with E-state index in [1.54, 1.807) is 43.3 Å². The van der Waals surface area contributed by atoms with Crippen molar-refractivity contribution in [1.82, 2.24) is 9.21 Å². The Balaban J connectivity index is 2.08. The fourth-order valence-corrected chi connectivity index (χ4v) is 3.67. The van der Waals surface area contributed by atoms with Gasteiger partial charge in [0.25, 0.3) is 5.91 Å². The van der Waals surface area contributed by atoms with Crippen LogP contribution in [0, 0.1) is 0 Å². The molecule has 0 aromatic heterocycles. The van der Waals surface area contributed by atoms with Crippen molar-refractivity contribution >= 4 is 27.5 Å². The zero-order valence-corrected chi connectivity index (χ0v) is 15.5. The van der Waals surface area contributed by atoms with Gasteiger partial charge >= 0.3 is 0 Å². The van der Waals surface area contributed by atoms with Gasteiger partial charge in [0.1, 0.15) is 0 Å². The molecule has 8 heteroatoms. The van der Waals surface area contributed by atoms with Crippen molar-refractivity contribution in [2.24, 2.45) is 0 Å². The number of carbonyl (C=O) groups is 2. The van der Waals surface area contributed by atoms with Crippen LogP contribution in [0.15, 0.2) is 36.9 Å². The minimum atomic E-state index is -3.24. The Labute approximate surface area is 148 Å². The second-order valence-electron chi connectivity index (χ2n) is 6.13. The highest BCUT2D eigenvalue weighted by molar-refractivity contribution is 7.88. The van der Waals surface area contributed by atoms with Gasteiger partial charge in [0, 0.05) is 44.5 Å². The Kier molecular flexibility index (Phi) is 5.64. The van der Waals surface area contributed by atoms with Crippen LogP contribution in [0.25, 0.3) is 0 Å². The predicted molar refractivity (Wildman–Crippen MR) is 97.0 cm³/mol. The highest BCUT2D eigenvalue weighted by Gasteiger charge is 2.33. The Morgan fingerprint density at radius 2 is 1.84 bits per heavy atom. The second-order valence-corrected chi connectivity index (χ2v) is 8.11. The average molecular weight is 365 g/mol. The molecule has 0 spiro atoms. The van der Waals surface area contributed by atoms with Crippen molar-refractivity contribution < 1.29 is 18.0 Å². The summed E-state index contributed by atoms with van der Waals surface area (Å²) in [7, 11) is 0.0755. The van der Waals surface area contributed by atoms with Gasteiger partial charge in [-0.05, 0) is 36.8 Å². The van der Waals surface area contributed by atoms with E-state index < -0.39 is 10.0 Å². The van der Waals surface area contributed by atoms with Crippen molar-refractivity contribution in [3.63, 3.8) is 0 Å². The number of hydrogen-bond donors (Lipinski definition) is 0. The standard InChI is InChI=1S/C17H23N3O4S/c1-5-16(21)18(2)14-8-6-13(7-9-14)17(22)19(3)15-10-11-20(12-15)25(4,23)24/h5-9,15H,1,10-12H2,2-4H3. The van der Waals surface area contributed by atoms with Crippen LogP contribution in [0.3, 0.4) is 0 Å². The van der Waals surface area contributed by atoms with Crippen molar-refractivity contribution in [2.75, 3.05) is 38.3 Å². The summed E-state index contributed by atoms with van der Waals surface area (Å²) in [5.74, 6) is -0.410. The third-order valence-corrected chi connectivity index (χ3v) is 5.74. The molecule has 0 bridgehead atoms. The highest BCUT2D eigenvalue weighted by atomic mass is 32.2. The van der Waals surface area contributed by atoms with Crippen LogP contribution >= 0.6 is 0 Å². The van der Waals surface area contributed by atoms with Gasteiger partial charge in [-0.2, -0.15) is 0 Å². The average Bonchev–Trinajstić information content (AvgIpc) is 3.09. The lowest BCUT2D eigenvalue weighted by atomic mass is 10.1. The van der Waals surface area contributed by atoms with Gasteiger partial charge < -0.3 is 9.80 Å². The summed E-state index contributed by atoms with van der Waals surface area (Å²) in [5.41, 5.74) is 1.15. The number of carbonyl (C=O) groups excluding carboxylic acids is 2. The third-order valence-electron chi connectivity index (χ3n) is 4.47. The number of nitrogens with zero attached hydrogens (tertiary/aromatic N) is 3. The molecule has 136 valence electrons. The Morgan fingerprint density at radius 3 is 2.32 bits per heavy atom. The van der Waals surface area contributed by atoms with Crippen LogP contribution in [0.2, 0.25) is 0 Å². The molecule has 2 amide bonds. The van der Waals surface area contributed by atoms with Gasteiger partial charge in [-0.25, -0.2) is 12.7 Å². The van der Waals surface area contributed by atoms with Crippen LogP contribution in [-0.2, 0) is 14.8 Å². The summed E-state index contributed by atoms with van der Waals surface area (Å²) < 4.78 is 24.6. The smallest absolute Gasteiger partial charge is 0.253 e. The summed E-state index contributed by atoms with van der Waals surface area (Å²) in [6.45, 7) is 4.19. The van der Waals surface area contributed by atoms with E-state index in [0.29, 0.717) is 30.8 Å². The monoisotopic (exact) mass is 365 g/mol. The Bertz CT molecular complexity index is 774. The summed E-state index contributed by atoms with van der Waals surface area (Å²) >= 11 is 0. The van der Waals surface area contributed by atoms with Crippen LogP contribution < -0.4 is 4.90 Å². The number of rotatable bonds is 5. The Hall–Kier alpha value is -2.19. The highest BCUT2D eigenvalue weighted by Crippen LogP contribution is 2.20. The van der Waals surface area contributed by atoms with Gasteiger partial charge in [-0.15, -0.1) is 0 Å². The van der Waals surface area contributed by atoms with Gasteiger partial charge in [0.15, 0.2) is 0 Å². The molecular weight excluding hydrogens is 342 g/mol. The van der Waals surface area contributed by atoms with Crippen LogP contribution in [-0.4, -0.2) is 68.9 Å². The van der Waals surface area contributed by atoms with E-state index in [1.165, 1.54) is 21.5 Å². The van der Waals surface area contributed by atoms with Crippen molar-refractivity contribution in [1.29, 1.82) is 0 Å². The van der Waals surface area contributed by atoms with Gasteiger partial charge in [-0.3, -0.25) is 9.59 Å². The third kappa shape index (κ3) is 4.26. The van der Waals surface area contributed by atoms with E-state index in [2.05, 4.69) is 6.58 Å². The van der Waals surface area contributed by atoms with E-state index in [-0.39, 0.29) is 17.9 Å². The first kappa shape index (κ1) is 19.1. The molecule has 1 saturated heterocycles. The molecule has 1 aromatic carbocycles. The van der Waals surface area contributed by atoms with E-state index in [0.717, 1.165) is 0 Å². The maximum absolute atomic E-state index is 12.6. The van der Waals surface area contributed by atoms with Gasteiger partial charge in [-0.1, -0.05) is 6.58 Å². The largest absolute Gasteiger partial charge is 0.337 e. The summed E-state index contributed by atoms with van der Waals surface area (Å²) in [4.78, 5) is 27.2. The summed E-state index contributed by atoms with van der Waals surface area (Å²) in [5, 5.41) is 0. The topological polar surface area (TPSA) is 78.0 Å². The molecule has 25 heavy (non-hydrogen) atoms. The first-order valence-electron chi connectivity index (χ1n) is 7.87. The molecule has 0 N–H and O–H groups in total. The fourth-order valence-electron chi connectivity index (χ4n) is 2.79. The molecule has 1 unspecified atom stereocenters. The Morgan fingerprint density at radius 1 is 1.24 bits per heavy atom. The molecule has 1 heterocycles. The minimum Gasteiger partial charge on any atom is -0.337 e. The van der Waals surface area contributed by atoms with Crippen molar-refractivity contribution in [3.05, 3.63) is 42.5 Å². The zero-order valence-electron chi connectivity index (χ0n) is 14.7. The normalized spacial score (nSPS) is 18.0. The number of anilines is 1. The fraction of sp³-hybridized carbons (Fsp3) is 0.412. The van der Waals surface area contributed by atoms with Crippen molar-refractivity contribution in [3.8, 4) is 0 Å². The maximum Gasteiger partial charge on any atom is 0.253 e. The first-order chi connectivity index (χ1) is 11.6. The van der Waals surface area contributed by atoms with E-state index >= 15 is 0 Å². The number of amides is 2. The summed E-state index contributed by atoms with van der Waals surface area (Å²) in [6.07, 6.45) is 3.02. The molecular formula is C17H23N3O4S. The van der Waals surface area contributed by atoms with E-state index in [9.17, 15) is 18.0 Å². The lowest BCUT2D eigenvalue weighted by Gasteiger charge is -2.25. The van der Waals surface area contributed by atoms with Crippen LogP contribution in [0.4, 0.5) is 5.69 Å². The summed E-state index contributed by atoms with van der Waals surface area (Å²) in [6, 6.07) is 6.56. The number of hydrogen-bond acceptors (Lipinski definition) is 4. The van der Waals surface area contributed by atoms with E-state index in [4.69, 9.17) is 0 Å². The van der Waals surface area contributed by atoms with Gasteiger partial charge in [0.05, 0.1) is 6.26 Å². The second kappa shape index (κ2) is 7.37. The SMILES string of the molecule is C=CC(=O)N(C)c1ccc(C(=O)N(C)C2CCN(S(C)(=O)=O)C2)cc1. The van der Waals surface area contributed by atoms with Crippen LogP contribution in [0.1, 0.15) is 16.8 Å². The molecule has 1 atom stereocenters. The van der Waals surface area contributed by atoms with Gasteiger partial charge in [0.2, 0.25) is 15.9 Å². The molecule has 1 fully saturated rings. The minimum absolute atomic E-state index is 0.146. The molecule has 0 radical (unpaired) electrons. The predicted octanol–water partition coefficient (Wildman–Crippen LogP) is 0.941. The molecule has 1 aromatic rings. The molecule has 1 aliphatic heterocycles. The first-order valence-corrected chi connectivity index (χ1v) is 9.72. The quantitative estimate of drug-likeness (QED) is 0.728. The van der Waals surface area contributed by atoms with Crippen molar-refractivity contribution in [2.45, 2.75) is 12.5 Å². The molecule has 7 nitrogen and oxygen atoms in total. The lowest BCUT2D eigenvalue weighted by molar-refractivity contribution is -0.113. The number of benzene rings is 1. The molecule has 1 aliphatic rings. The molecule has 0 aliphatic carbocycles. The van der Waals surface area contributed by atoms with E-state index in [1.807, 2.05) is 0 Å². The lowest BCUT2D eigenvalue weighted by Crippen LogP contribution is -2.39. The zero-order chi connectivity index (χ0) is 18.8. The number of sulfonamides is 1. The molecule has 2 rings (SSSR count). The van der Waals surface area contributed by atoms with Crippen LogP contribution in [0.5, 0.6) is 0 Å². The number of likely N-dealkylation sites (N-methyl/N-ethyl adjacent to an activating group) is 2. The maximum atomic E-state index is 12.6. The molecule has 0 saturated carbocycles.